The van der Waals surface area contributed by atoms with E-state index in [0.29, 0.717) is 11.7 Å². The minimum atomic E-state index is 0. The molecular weight excluding hydrogens is 163 g/mol. The molecule has 0 saturated heterocycles. The average molecular weight is 182 g/mol. The molecule has 2 rings (SSSR count). The fraction of sp³-hybridized carbons (Fsp3) is 0.900. The van der Waals surface area contributed by atoms with Crippen molar-refractivity contribution in [1.29, 1.82) is 0 Å². The Kier molecular flexibility index (Phi) is 2.22. The third-order valence-electron chi connectivity index (χ3n) is 4.48. The first kappa shape index (κ1) is 10.3. The molecule has 0 radical (unpaired) electrons. The summed E-state index contributed by atoms with van der Waals surface area (Å²) in [6.07, 6.45) is 3.25. The third kappa shape index (κ3) is 0.887. The van der Waals surface area contributed by atoms with E-state index in [2.05, 4.69) is 20.8 Å². The van der Waals surface area contributed by atoms with Crippen molar-refractivity contribution in [3.63, 3.8) is 0 Å². The van der Waals surface area contributed by atoms with Crippen LogP contribution in [0.1, 0.15) is 40.0 Å². The summed E-state index contributed by atoms with van der Waals surface area (Å²) in [5.41, 5.74) is 0.307. The summed E-state index contributed by atoms with van der Waals surface area (Å²) in [4.78, 5) is 11.6. The zero-order chi connectivity index (χ0) is 8.28. The summed E-state index contributed by atoms with van der Waals surface area (Å²) >= 11 is 0. The number of fused-ring (bicyclic) bond motifs is 2. The first-order valence-corrected chi connectivity index (χ1v) is 4.52. The van der Waals surface area contributed by atoms with Crippen molar-refractivity contribution in [1.82, 2.24) is 0 Å². The maximum Gasteiger partial charge on any atom is 0.187 e. The Morgan fingerprint density at radius 1 is 1.33 bits per heavy atom. The number of rotatable bonds is 0. The van der Waals surface area contributed by atoms with Gasteiger partial charge in [0.1, 0.15) is 5.78 Å². The molecule has 12 heavy (non-hydrogen) atoms. The minimum Gasteiger partial charge on any atom is -0.299 e. The van der Waals surface area contributed by atoms with Crippen LogP contribution in [0.25, 0.3) is 0 Å². The van der Waals surface area contributed by atoms with Crippen molar-refractivity contribution >= 4 is 23.1 Å². The highest BCUT2D eigenvalue weighted by Crippen LogP contribution is 2.63. The highest BCUT2D eigenvalue weighted by Gasteiger charge is 2.61. The predicted octanol–water partition coefficient (Wildman–Crippen LogP) is 1.22. The molecule has 68 valence electrons. The van der Waals surface area contributed by atoms with Gasteiger partial charge in [0.15, 0.2) is 17.4 Å². The summed E-state index contributed by atoms with van der Waals surface area (Å²) in [6.45, 7) is 6.67. The summed E-state index contributed by atoms with van der Waals surface area (Å²) in [7, 11) is 0. The lowest BCUT2D eigenvalue weighted by Gasteiger charge is -2.32. The van der Waals surface area contributed by atoms with Crippen LogP contribution in [-0.2, 0) is 4.79 Å². The fourth-order valence-corrected chi connectivity index (χ4v) is 2.90. The van der Waals surface area contributed by atoms with Gasteiger partial charge < -0.3 is 0 Å². The molecule has 2 atom stereocenters. The molecule has 2 aliphatic carbocycles. The van der Waals surface area contributed by atoms with Gasteiger partial charge in [-0.2, -0.15) is 0 Å². The number of carbonyl (C=O) groups excluding carboxylic acids is 1. The average Bonchev–Trinajstić information content (AvgIpc) is 2.20. The number of Topliss-reactive ketones (excluding diaryl/α,β-unsaturated/α-hetero) is 1. The molecule has 1 nitrogen and oxygen atoms in total. The molecule has 0 N–H and O–H groups in total. The van der Waals surface area contributed by atoms with Crippen LogP contribution >= 0.6 is 0 Å². The maximum absolute atomic E-state index is 11.6. The largest absolute Gasteiger partial charge is 0.299 e. The Bertz CT molecular complexity index is 222. The zero-order valence-electron chi connectivity index (χ0n) is 7.61. The molecular formula is C10H19AlO. The lowest BCUT2D eigenvalue weighted by atomic mass is 9.70. The molecule has 2 heteroatoms. The van der Waals surface area contributed by atoms with Crippen molar-refractivity contribution in [3.8, 4) is 0 Å². The molecule has 0 amide bonds. The van der Waals surface area contributed by atoms with Crippen LogP contribution in [-0.4, -0.2) is 23.1 Å². The van der Waals surface area contributed by atoms with Crippen LogP contribution in [0.5, 0.6) is 0 Å². The predicted molar refractivity (Wildman–Crippen MR) is 54.2 cm³/mol. The quantitative estimate of drug-likeness (QED) is 0.515. The van der Waals surface area contributed by atoms with E-state index >= 15 is 0 Å². The smallest absolute Gasteiger partial charge is 0.187 e. The first-order chi connectivity index (χ1) is 4.98. The van der Waals surface area contributed by atoms with Gasteiger partial charge in [0.05, 0.1) is 0 Å². The Morgan fingerprint density at radius 2 is 1.92 bits per heavy atom. The lowest BCUT2D eigenvalue weighted by molar-refractivity contribution is -0.128. The topological polar surface area (TPSA) is 17.1 Å². The number of hydrogen-bond donors (Lipinski definition) is 0. The molecule has 2 bridgehead atoms. The van der Waals surface area contributed by atoms with Gasteiger partial charge in [-0.15, -0.1) is 0 Å². The monoisotopic (exact) mass is 182 g/mol. The Hall–Kier alpha value is 0.202. The Morgan fingerprint density at radius 3 is 2.08 bits per heavy atom. The SMILES string of the molecule is CC12CCC(CC1=O)C2(C)C.[AlH3]. The number of carbonyl (C=O) groups is 1. The van der Waals surface area contributed by atoms with Crippen molar-refractivity contribution < 1.29 is 4.79 Å². The van der Waals surface area contributed by atoms with Gasteiger partial charge in [-0.1, -0.05) is 20.8 Å². The minimum absolute atomic E-state index is 0. The molecule has 2 fully saturated rings. The normalized spacial score (nSPS) is 42.9. The third-order valence-corrected chi connectivity index (χ3v) is 4.48. The van der Waals surface area contributed by atoms with E-state index in [1.165, 1.54) is 6.42 Å². The van der Waals surface area contributed by atoms with Crippen LogP contribution in [0.4, 0.5) is 0 Å². The van der Waals surface area contributed by atoms with Gasteiger partial charge >= 0.3 is 0 Å². The van der Waals surface area contributed by atoms with Crippen molar-refractivity contribution in [2.24, 2.45) is 16.7 Å². The molecule has 0 aliphatic heterocycles. The molecule has 0 spiro atoms. The van der Waals surface area contributed by atoms with Gasteiger partial charge in [0.2, 0.25) is 0 Å². The zero-order valence-corrected chi connectivity index (χ0v) is 7.61. The van der Waals surface area contributed by atoms with Gasteiger partial charge in [-0.05, 0) is 24.2 Å². The van der Waals surface area contributed by atoms with E-state index in [4.69, 9.17) is 0 Å². The van der Waals surface area contributed by atoms with E-state index in [1.54, 1.807) is 0 Å². The van der Waals surface area contributed by atoms with E-state index in [-0.39, 0.29) is 28.2 Å². The first-order valence-electron chi connectivity index (χ1n) is 4.52. The van der Waals surface area contributed by atoms with Crippen molar-refractivity contribution in [2.45, 2.75) is 40.0 Å². The summed E-state index contributed by atoms with van der Waals surface area (Å²) in [5.74, 6) is 1.19. The summed E-state index contributed by atoms with van der Waals surface area (Å²) in [6, 6.07) is 0. The standard InChI is InChI=1S/C10H16O.Al.3H/c1-9(2)7-4-5-10(9,3)8(11)6-7;;;;/h7H,4-6H2,1-3H3;;;;. The molecule has 2 saturated carbocycles. The Labute approximate surface area is 85.0 Å². The number of hydrogen-bond acceptors (Lipinski definition) is 1. The van der Waals surface area contributed by atoms with E-state index in [9.17, 15) is 4.79 Å². The Balaban J connectivity index is 0.000000720. The fourth-order valence-electron chi connectivity index (χ4n) is 2.90. The second-order valence-corrected chi connectivity index (χ2v) is 4.92. The molecule has 0 aromatic carbocycles. The van der Waals surface area contributed by atoms with Gasteiger partial charge in [-0.25, -0.2) is 0 Å². The van der Waals surface area contributed by atoms with Crippen LogP contribution in [0.3, 0.4) is 0 Å². The summed E-state index contributed by atoms with van der Waals surface area (Å²) < 4.78 is 0. The van der Waals surface area contributed by atoms with Crippen molar-refractivity contribution in [2.75, 3.05) is 0 Å². The maximum atomic E-state index is 11.6. The molecule has 0 aromatic rings. The lowest BCUT2D eigenvalue weighted by Crippen LogP contribution is -2.32. The van der Waals surface area contributed by atoms with Crippen LogP contribution in [0.2, 0.25) is 0 Å². The molecule has 2 unspecified atom stereocenters. The van der Waals surface area contributed by atoms with E-state index < -0.39 is 0 Å². The van der Waals surface area contributed by atoms with Gasteiger partial charge in [-0.3, -0.25) is 4.79 Å². The molecule has 0 aromatic heterocycles. The molecule has 2 aliphatic rings. The van der Waals surface area contributed by atoms with Crippen LogP contribution < -0.4 is 0 Å². The highest BCUT2D eigenvalue weighted by atomic mass is 27.0. The van der Waals surface area contributed by atoms with E-state index in [0.717, 1.165) is 12.8 Å². The summed E-state index contributed by atoms with van der Waals surface area (Å²) in [5, 5.41) is 0. The van der Waals surface area contributed by atoms with Crippen LogP contribution in [0.15, 0.2) is 0 Å². The van der Waals surface area contributed by atoms with E-state index in [1.807, 2.05) is 0 Å². The van der Waals surface area contributed by atoms with Gasteiger partial charge in [0, 0.05) is 11.8 Å². The molecule has 0 heterocycles. The van der Waals surface area contributed by atoms with Crippen LogP contribution in [0, 0.1) is 16.7 Å². The second kappa shape index (κ2) is 2.59. The second-order valence-electron chi connectivity index (χ2n) is 4.92. The number of ketones is 1. The van der Waals surface area contributed by atoms with Crippen molar-refractivity contribution in [3.05, 3.63) is 0 Å². The highest BCUT2D eigenvalue weighted by molar-refractivity contribution is 5.89. The van der Waals surface area contributed by atoms with Gasteiger partial charge in [0.25, 0.3) is 0 Å².